The minimum Gasteiger partial charge on any atom is -0.493 e. The second-order valence-electron chi connectivity index (χ2n) is 8.93. The molecule has 2 aromatic carbocycles. The third-order valence-electron chi connectivity index (χ3n) is 6.25. The maximum absolute atomic E-state index is 13.4. The van der Waals surface area contributed by atoms with Gasteiger partial charge < -0.3 is 19.7 Å². The van der Waals surface area contributed by atoms with Crippen LogP contribution >= 0.6 is 11.8 Å². The number of amidine groups is 1. The molecule has 1 amide bonds. The zero-order valence-electron chi connectivity index (χ0n) is 20.4. The lowest BCUT2D eigenvalue weighted by atomic mass is 10.0. The van der Waals surface area contributed by atoms with Crippen LogP contribution in [0.4, 0.5) is 26.3 Å². The standard InChI is InChI=1S/C25H25F6N3O3S/c1-14-12-32-7-8-34(14)23-33-22(35)21(38-23)10-15-3-6-19(20(9-15)36-2)37-13-16-4-5-17(24(26,27)28)11-18(16)25(29,30)31/h3-6,9,11,14,21,32H,7-8,10,12-13H2,1-2H3. The van der Waals surface area contributed by atoms with Gasteiger partial charge in [0, 0.05) is 31.2 Å². The van der Waals surface area contributed by atoms with E-state index < -0.39 is 40.9 Å². The molecule has 206 valence electrons. The van der Waals surface area contributed by atoms with Crippen LogP contribution in [-0.2, 0) is 30.2 Å². The number of thioether (sulfide) groups is 1. The average molecular weight is 562 g/mol. The number of nitrogens with zero attached hydrogens (tertiary/aromatic N) is 2. The molecule has 4 rings (SSSR count). The predicted octanol–water partition coefficient (Wildman–Crippen LogP) is 5.15. The fraction of sp³-hybridized carbons (Fsp3) is 0.440. The van der Waals surface area contributed by atoms with Crippen molar-refractivity contribution in [1.82, 2.24) is 10.2 Å². The maximum atomic E-state index is 13.4. The van der Waals surface area contributed by atoms with Gasteiger partial charge in [-0.2, -0.15) is 31.3 Å². The fourth-order valence-electron chi connectivity index (χ4n) is 4.23. The quantitative estimate of drug-likeness (QED) is 0.493. The first-order valence-electron chi connectivity index (χ1n) is 11.7. The van der Waals surface area contributed by atoms with Gasteiger partial charge in [-0.25, -0.2) is 0 Å². The van der Waals surface area contributed by atoms with Gasteiger partial charge >= 0.3 is 12.4 Å². The van der Waals surface area contributed by atoms with Gasteiger partial charge in [-0.05, 0) is 43.2 Å². The molecule has 2 aliphatic rings. The monoisotopic (exact) mass is 561 g/mol. The van der Waals surface area contributed by atoms with Gasteiger partial charge in [0.05, 0.1) is 23.5 Å². The second-order valence-corrected chi connectivity index (χ2v) is 10.1. The van der Waals surface area contributed by atoms with Crippen molar-refractivity contribution >= 4 is 22.8 Å². The summed E-state index contributed by atoms with van der Waals surface area (Å²) in [6.45, 7) is 3.78. The van der Waals surface area contributed by atoms with Crippen molar-refractivity contribution < 1.29 is 40.6 Å². The average Bonchev–Trinajstić information content (AvgIpc) is 3.21. The van der Waals surface area contributed by atoms with Crippen molar-refractivity contribution in [3.05, 3.63) is 58.7 Å². The molecule has 13 heteroatoms. The number of piperazine rings is 1. The zero-order valence-corrected chi connectivity index (χ0v) is 21.3. The van der Waals surface area contributed by atoms with Crippen LogP contribution in [0.2, 0.25) is 0 Å². The van der Waals surface area contributed by atoms with E-state index in [9.17, 15) is 31.1 Å². The van der Waals surface area contributed by atoms with Crippen LogP contribution in [0.5, 0.6) is 11.5 Å². The molecule has 38 heavy (non-hydrogen) atoms. The first-order chi connectivity index (χ1) is 17.9. The molecule has 0 radical (unpaired) electrons. The Morgan fingerprint density at radius 1 is 1.08 bits per heavy atom. The first kappa shape index (κ1) is 28.1. The van der Waals surface area contributed by atoms with Gasteiger partial charge in [0.15, 0.2) is 16.7 Å². The number of hydrogen-bond donors (Lipinski definition) is 1. The molecule has 0 aliphatic carbocycles. The molecule has 2 aromatic rings. The number of amides is 1. The van der Waals surface area contributed by atoms with Crippen LogP contribution in [0.3, 0.4) is 0 Å². The number of hydrogen-bond acceptors (Lipinski definition) is 6. The molecule has 2 atom stereocenters. The number of carbonyl (C=O) groups is 1. The highest BCUT2D eigenvalue weighted by atomic mass is 32.2. The smallest absolute Gasteiger partial charge is 0.416 e. The van der Waals surface area contributed by atoms with E-state index in [-0.39, 0.29) is 29.5 Å². The number of benzene rings is 2. The van der Waals surface area contributed by atoms with Crippen molar-refractivity contribution in [3.63, 3.8) is 0 Å². The molecule has 2 unspecified atom stereocenters. The molecular formula is C25H25F6N3O3S. The normalized spacial score (nSPS) is 20.5. The topological polar surface area (TPSA) is 63.2 Å². The number of aliphatic imine (C=N–C) groups is 1. The number of carbonyl (C=O) groups excluding carboxylic acids is 1. The van der Waals surface area contributed by atoms with Crippen molar-refractivity contribution in [2.75, 3.05) is 26.7 Å². The Labute approximate surface area is 219 Å². The second kappa shape index (κ2) is 11.0. The van der Waals surface area contributed by atoms with Crippen LogP contribution in [0.1, 0.15) is 29.2 Å². The van der Waals surface area contributed by atoms with E-state index in [0.717, 1.165) is 31.3 Å². The molecule has 1 saturated heterocycles. The zero-order chi connectivity index (χ0) is 27.7. The number of nitrogens with one attached hydrogen (secondary N) is 1. The summed E-state index contributed by atoms with van der Waals surface area (Å²) < 4.78 is 90.0. The highest BCUT2D eigenvalue weighted by molar-refractivity contribution is 8.15. The third-order valence-corrected chi connectivity index (χ3v) is 7.44. The van der Waals surface area contributed by atoms with Crippen molar-refractivity contribution in [3.8, 4) is 11.5 Å². The van der Waals surface area contributed by atoms with Gasteiger partial charge in [0.2, 0.25) is 0 Å². The predicted molar refractivity (Wildman–Crippen MR) is 130 cm³/mol. The third kappa shape index (κ3) is 6.37. The van der Waals surface area contributed by atoms with Crippen molar-refractivity contribution in [2.45, 2.75) is 43.6 Å². The molecule has 0 bridgehead atoms. The summed E-state index contributed by atoms with van der Waals surface area (Å²) in [4.78, 5) is 18.9. The van der Waals surface area contributed by atoms with Crippen LogP contribution in [0.25, 0.3) is 0 Å². The summed E-state index contributed by atoms with van der Waals surface area (Å²) in [5, 5.41) is 3.56. The maximum Gasteiger partial charge on any atom is 0.416 e. The summed E-state index contributed by atoms with van der Waals surface area (Å²) in [5.41, 5.74) is -2.53. The van der Waals surface area contributed by atoms with E-state index in [2.05, 4.69) is 22.1 Å². The molecular weight excluding hydrogens is 536 g/mol. The molecule has 6 nitrogen and oxygen atoms in total. The van der Waals surface area contributed by atoms with Gasteiger partial charge in [0.1, 0.15) is 6.61 Å². The highest BCUT2D eigenvalue weighted by Gasteiger charge is 2.38. The lowest BCUT2D eigenvalue weighted by Crippen LogP contribution is -2.51. The van der Waals surface area contributed by atoms with Gasteiger partial charge in [-0.3, -0.25) is 4.79 Å². The number of alkyl halides is 6. The van der Waals surface area contributed by atoms with Crippen LogP contribution < -0.4 is 14.8 Å². The molecule has 0 spiro atoms. The molecule has 1 N–H and O–H groups in total. The Morgan fingerprint density at radius 3 is 2.50 bits per heavy atom. The van der Waals surface area contributed by atoms with E-state index in [4.69, 9.17) is 9.47 Å². The molecule has 0 saturated carbocycles. The van der Waals surface area contributed by atoms with Crippen molar-refractivity contribution in [2.24, 2.45) is 4.99 Å². The Kier molecular flexibility index (Phi) is 8.17. The molecule has 2 aliphatic heterocycles. The summed E-state index contributed by atoms with van der Waals surface area (Å²) >= 11 is 1.40. The van der Waals surface area contributed by atoms with Gasteiger partial charge in [-0.15, -0.1) is 0 Å². The van der Waals surface area contributed by atoms with Crippen molar-refractivity contribution in [1.29, 1.82) is 0 Å². The van der Waals surface area contributed by atoms with E-state index in [1.54, 1.807) is 12.1 Å². The van der Waals surface area contributed by atoms with Gasteiger partial charge in [0.25, 0.3) is 5.91 Å². The Hall–Kier alpha value is -2.93. The molecule has 1 fully saturated rings. The SMILES string of the molecule is COc1cc(CC2SC(N3CCNCC3C)=NC2=O)ccc1OCc1ccc(C(F)(F)F)cc1C(F)(F)F. The summed E-state index contributed by atoms with van der Waals surface area (Å²) in [5.74, 6) is 0.0912. The number of halogens is 6. The Balaban J connectivity index is 1.45. The summed E-state index contributed by atoms with van der Waals surface area (Å²) in [7, 11) is 1.35. The van der Waals surface area contributed by atoms with Crippen LogP contribution in [0.15, 0.2) is 41.4 Å². The van der Waals surface area contributed by atoms with E-state index in [0.29, 0.717) is 17.7 Å². The number of ether oxygens (including phenoxy) is 2. The minimum atomic E-state index is -5.00. The number of methoxy groups -OCH3 is 1. The van der Waals surface area contributed by atoms with E-state index in [1.807, 2.05) is 0 Å². The first-order valence-corrected chi connectivity index (χ1v) is 12.6. The van der Waals surface area contributed by atoms with Crippen LogP contribution in [-0.4, -0.2) is 54.0 Å². The molecule has 0 aromatic heterocycles. The highest BCUT2D eigenvalue weighted by Crippen LogP contribution is 2.38. The van der Waals surface area contributed by atoms with E-state index in [1.165, 1.54) is 24.9 Å². The lowest BCUT2D eigenvalue weighted by Gasteiger charge is -2.35. The van der Waals surface area contributed by atoms with E-state index >= 15 is 0 Å². The summed E-state index contributed by atoms with van der Waals surface area (Å²) in [6, 6.07) is 6.40. The number of rotatable bonds is 6. The largest absolute Gasteiger partial charge is 0.493 e. The Morgan fingerprint density at radius 2 is 1.84 bits per heavy atom. The van der Waals surface area contributed by atoms with Gasteiger partial charge in [-0.1, -0.05) is 23.9 Å². The molecule has 2 heterocycles. The summed E-state index contributed by atoms with van der Waals surface area (Å²) in [6.07, 6.45) is -9.56. The van der Waals surface area contributed by atoms with Crippen LogP contribution in [0, 0.1) is 0 Å². The Bertz CT molecular complexity index is 1220. The fourth-order valence-corrected chi connectivity index (χ4v) is 5.46. The lowest BCUT2D eigenvalue weighted by molar-refractivity contribution is -0.143. The minimum absolute atomic E-state index is 0.0762.